The summed E-state index contributed by atoms with van der Waals surface area (Å²) in [6, 6.07) is 17.8. The number of nitrogens with zero attached hydrogens (tertiary/aromatic N) is 3. The van der Waals surface area contributed by atoms with Gasteiger partial charge in [0.05, 0.1) is 23.1 Å². The number of anilines is 1. The first-order valence-corrected chi connectivity index (χ1v) is 21.2. The highest BCUT2D eigenvalue weighted by molar-refractivity contribution is 6.42. The van der Waals surface area contributed by atoms with E-state index in [1.54, 1.807) is 0 Å². The summed E-state index contributed by atoms with van der Waals surface area (Å²) in [4.78, 5) is 30.8. The number of amides is 1. The number of rotatable bonds is 10. The lowest BCUT2D eigenvalue weighted by atomic mass is 9.71. The molecule has 7 rings (SSSR count). The lowest BCUT2D eigenvalue weighted by molar-refractivity contribution is -2.00. The zero-order chi connectivity index (χ0) is 40.5. The fourth-order valence-corrected chi connectivity index (χ4v) is 9.78. The number of ether oxygens (including phenoxy) is 1. The Hall–Kier alpha value is -3.26. The molecule has 3 aromatic rings. The highest BCUT2D eigenvalue weighted by atomic mass is 35.7. The highest BCUT2D eigenvalue weighted by Crippen LogP contribution is 2.48. The van der Waals surface area contributed by atoms with Crippen molar-refractivity contribution in [1.82, 2.24) is 14.8 Å². The van der Waals surface area contributed by atoms with Crippen molar-refractivity contribution in [2.45, 2.75) is 82.2 Å². The molecule has 2 fully saturated rings. The van der Waals surface area contributed by atoms with Gasteiger partial charge < -0.3 is 15.0 Å². The molecule has 0 spiro atoms. The number of benzene rings is 3. The molecular weight excluding hydrogens is 779 g/mol. The smallest absolute Gasteiger partial charge is 0.310 e. The number of hydrogen-bond donors (Lipinski definition) is 1. The Morgan fingerprint density at radius 2 is 1.77 bits per heavy atom. The summed E-state index contributed by atoms with van der Waals surface area (Å²) in [7, 11) is 0.716. The van der Waals surface area contributed by atoms with Gasteiger partial charge in [0.25, 0.3) is 0 Å². The number of hydrogen-bond acceptors (Lipinski definition) is 9. The number of halogens is 3. The SMILES string of the molecule is COC(=O)[C@H]1[C@@H](c2ccc(Cl)c(Cl)c2)C[C@@H]2CC[C@H]1N2CCNC(=O)CCC[N+]1=c2cc3c(cc2CCC1)=Cc1ccc(N(C)C)cc1C3(C)C.[O-][Cl+3]([O-])([O-])[O-]. The molecule has 2 bridgehead atoms. The van der Waals surface area contributed by atoms with E-state index in [-0.39, 0.29) is 35.2 Å². The number of esters is 1. The van der Waals surface area contributed by atoms with Gasteiger partial charge in [-0.2, -0.15) is 0 Å². The van der Waals surface area contributed by atoms with Crippen LogP contribution in [0.25, 0.3) is 6.08 Å². The van der Waals surface area contributed by atoms with Crippen molar-refractivity contribution in [2.75, 3.05) is 52.3 Å². The first-order valence-electron chi connectivity index (χ1n) is 19.2. The minimum absolute atomic E-state index is 0.0249. The molecule has 1 aliphatic carbocycles. The van der Waals surface area contributed by atoms with Gasteiger partial charge in [0, 0.05) is 87.2 Å². The van der Waals surface area contributed by atoms with Gasteiger partial charge in [-0.05, 0) is 89.6 Å². The van der Waals surface area contributed by atoms with E-state index in [1.807, 2.05) is 18.2 Å². The van der Waals surface area contributed by atoms with E-state index < -0.39 is 10.2 Å². The average Bonchev–Trinajstić information content (AvgIpc) is 3.40. The maximum Gasteiger partial charge on any atom is 0.310 e. The van der Waals surface area contributed by atoms with Crippen LogP contribution in [0.3, 0.4) is 0 Å². The summed E-state index contributed by atoms with van der Waals surface area (Å²) in [6.07, 6.45) is 8.69. The number of fused-ring (bicyclic) bond motifs is 5. The molecule has 0 aromatic heterocycles. The van der Waals surface area contributed by atoms with E-state index in [2.05, 4.69) is 84.0 Å². The standard InChI is InChI=1S/C42H50Cl2N4O3.ClHO4/c1-42(2)33-24-30(46(3)4)12-10-27(33)20-29-21-28-8-6-17-47(38(28)25-34(29)42)18-7-9-39(49)45-16-19-48-31-13-15-37(48)40(41(50)51-5)32(23-31)26-11-14-35(43)36(44)22-26;2-1(3,4)5/h10-12,14,20-22,24-25,31-32,37,40H,6-9,13,15-19,23H2,1-5H3;(H,2,3,4,5)/t31-,32+,37+,40-;/m0./s1. The summed E-state index contributed by atoms with van der Waals surface area (Å²) in [5.41, 5.74) is 7.60. The minimum Gasteiger partial charge on any atom is -0.469 e. The zero-order valence-electron chi connectivity index (χ0n) is 32.6. The predicted molar refractivity (Wildman–Crippen MR) is 207 cm³/mol. The number of methoxy groups -OCH3 is 1. The molecule has 3 aromatic carbocycles. The topological polar surface area (TPSA) is 157 Å². The molecule has 302 valence electrons. The van der Waals surface area contributed by atoms with Gasteiger partial charge in [-0.15, -0.1) is 10.2 Å². The number of nitrogens with one attached hydrogen (secondary N) is 1. The number of piperidine rings is 1. The van der Waals surface area contributed by atoms with Crippen LogP contribution in [-0.2, 0) is 26.2 Å². The molecule has 1 N–H and O–H groups in total. The fourth-order valence-electron chi connectivity index (χ4n) is 9.47. The van der Waals surface area contributed by atoms with Crippen molar-refractivity contribution in [2.24, 2.45) is 5.92 Å². The average molecular weight is 830 g/mol. The molecular formula is C42H51Cl3N4O7. The molecule has 1 amide bonds. The van der Waals surface area contributed by atoms with Gasteiger partial charge >= 0.3 is 5.97 Å². The molecule has 4 aliphatic rings. The van der Waals surface area contributed by atoms with Crippen LogP contribution < -0.4 is 44.0 Å². The summed E-state index contributed by atoms with van der Waals surface area (Å²) in [5.74, 6) is -0.357. The normalized spacial score (nSPS) is 22.1. The zero-order valence-corrected chi connectivity index (χ0v) is 34.9. The molecule has 3 aliphatic heterocycles. The van der Waals surface area contributed by atoms with Crippen molar-refractivity contribution in [3.63, 3.8) is 0 Å². The van der Waals surface area contributed by atoms with Gasteiger partial charge in [0.15, 0.2) is 0 Å². The van der Waals surface area contributed by atoms with Crippen LogP contribution >= 0.6 is 23.2 Å². The monoisotopic (exact) mass is 828 g/mol. The van der Waals surface area contributed by atoms with Gasteiger partial charge in [-0.1, -0.05) is 49.2 Å². The molecule has 0 unspecified atom stereocenters. The molecule has 2 saturated heterocycles. The number of carbonyl (C=O) groups is 2. The third-order valence-electron chi connectivity index (χ3n) is 12.1. The van der Waals surface area contributed by atoms with E-state index in [4.69, 9.17) is 46.6 Å². The Labute approximate surface area is 340 Å². The molecule has 4 atom stereocenters. The first-order chi connectivity index (χ1) is 26.5. The molecule has 11 nitrogen and oxygen atoms in total. The third kappa shape index (κ3) is 9.37. The number of carbonyl (C=O) groups excluding carboxylic acids is 2. The van der Waals surface area contributed by atoms with Gasteiger partial charge in [-0.3, -0.25) is 14.5 Å². The van der Waals surface area contributed by atoms with Crippen LogP contribution in [0.1, 0.15) is 86.1 Å². The van der Waals surface area contributed by atoms with Crippen molar-refractivity contribution in [3.8, 4) is 0 Å². The van der Waals surface area contributed by atoms with E-state index in [9.17, 15) is 9.59 Å². The molecule has 0 saturated carbocycles. The summed E-state index contributed by atoms with van der Waals surface area (Å²) in [5, 5.41) is 6.86. The lowest BCUT2D eigenvalue weighted by Crippen LogP contribution is -2.68. The van der Waals surface area contributed by atoms with Crippen LogP contribution in [0.15, 0.2) is 48.5 Å². The second-order valence-corrected chi connectivity index (χ2v) is 17.6. The molecule has 0 radical (unpaired) electrons. The maximum atomic E-state index is 13.1. The van der Waals surface area contributed by atoms with Crippen LogP contribution in [0.4, 0.5) is 5.69 Å². The van der Waals surface area contributed by atoms with Crippen LogP contribution in [0.5, 0.6) is 0 Å². The van der Waals surface area contributed by atoms with E-state index >= 15 is 0 Å². The van der Waals surface area contributed by atoms with Crippen molar-refractivity contribution < 1.29 is 43.2 Å². The van der Waals surface area contributed by atoms with Gasteiger partial charge in [0.1, 0.15) is 13.1 Å². The predicted octanol–water partition coefficient (Wildman–Crippen LogP) is 0.915. The first kappa shape index (κ1) is 42.3. The number of aryl methyl sites for hydroxylation is 1. The van der Waals surface area contributed by atoms with E-state index in [0.717, 1.165) is 63.7 Å². The van der Waals surface area contributed by atoms with Crippen LogP contribution in [0, 0.1) is 16.2 Å². The Morgan fingerprint density at radius 1 is 1.02 bits per heavy atom. The lowest BCUT2D eigenvalue weighted by Gasteiger charge is -2.43. The maximum absolute atomic E-state index is 13.1. The summed E-state index contributed by atoms with van der Waals surface area (Å²) >= 11 is 12.6. The van der Waals surface area contributed by atoms with Crippen molar-refractivity contribution >= 4 is 46.8 Å². The van der Waals surface area contributed by atoms with Crippen molar-refractivity contribution in [1.29, 1.82) is 0 Å². The third-order valence-corrected chi connectivity index (χ3v) is 12.8. The minimum atomic E-state index is -4.94. The van der Waals surface area contributed by atoms with Crippen molar-refractivity contribution in [3.05, 3.63) is 97.0 Å². The van der Waals surface area contributed by atoms with Crippen LogP contribution in [0.2, 0.25) is 10.0 Å². The quantitative estimate of drug-likeness (QED) is 0.232. The molecule has 3 heterocycles. The van der Waals surface area contributed by atoms with Crippen LogP contribution in [-0.4, -0.2) is 76.2 Å². The summed E-state index contributed by atoms with van der Waals surface area (Å²) in [6.45, 7) is 7.86. The Bertz CT molecular complexity index is 2080. The Kier molecular flexibility index (Phi) is 13.1. The molecule has 14 heteroatoms. The summed E-state index contributed by atoms with van der Waals surface area (Å²) < 4.78 is 41.8. The second kappa shape index (κ2) is 17.3. The second-order valence-electron chi connectivity index (χ2n) is 16.0. The van der Waals surface area contributed by atoms with Gasteiger partial charge in [-0.25, -0.2) is 23.2 Å². The van der Waals surface area contributed by atoms with E-state index in [0.29, 0.717) is 29.1 Å². The fraction of sp³-hybridized carbons (Fsp3) is 0.500. The Morgan fingerprint density at radius 3 is 2.46 bits per heavy atom. The largest absolute Gasteiger partial charge is 0.469 e. The van der Waals surface area contributed by atoms with E-state index in [1.165, 1.54) is 45.6 Å². The highest BCUT2D eigenvalue weighted by Gasteiger charge is 2.50. The van der Waals surface area contributed by atoms with Gasteiger partial charge in [0.2, 0.25) is 11.3 Å². The Balaban J connectivity index is 0.00000100. The molecule has 56 heavy (non-hydrogen) atoms.